The molecular weight excluding hydrogens is 268 g/mol. The Hall–Kier alpha value is -0.850. The normalized spacial score (nSPS) is 12.1. The topological polar surface area (TPSA) is 65.0 Å². The van der Waals surface area contributed by atoms with Crippen molar-refractivity contribution in [3.63, 3.8) is 0 Å². The van der Waals surface area contributed by atoms with E-state index in [1.165, 1.54) is 17.5 Å². The van der Waals surface area contributed by atoms with Crippen LogP contribution in [-0.4, -0.2) is 27.7 Å². The molecular formula is C12H18N2O2S2. The lowest BCUT2D eigenvalue weighted by Gasteiger charge is -2.02. The zero-order valence-electron chi connectivity index (χ0n) is 10.5. The maximum absolute atomic E-state index is 11.7. The smallest absolute Gasteiger partial charge is 0.302 e. The summed E-state index contributed by atoms with van der Waals surface area (Å²) in [5, 5.41) is 2.83. The first kappa shape index (κ1) is 15.2. The molecule has 1 N–H and O–H groups in total. The Morgan fingerprint density at radius 2 is 2.44 bits per heavy atom. The fraction of sp³-hybridized carbons (Fsp3) is 0.500. The number of nitrogens with zero attached hydrogens (tertiary/aromatic N) is 1. The number of hydrogen-bond donors (Lipinski definition) is 1. The highest BCUT2D eigenvalue weighted by molar-refractivity contribution is 7.93. The fourth-order valence-corrected chi connectivity index (χ4v) is 3.27. The number of amides is 1. The van der Waals surface area contributed by atoms with E-state index in [0.717, 1.165) is 19.3 Å². The summed E-state index contributed by atoms with van der Waals surface area (Å²) in [6.45, 7) is 6.13. The number of aromatic nitrogens is 1. The first-order chi connectivity index (χ1) is 8.69. The van der Waals surface area contributed by atoms with Gasteiger partial charge in [-0.15, -0.1) is 6.58 Å². The Bertz CT molecular complexity index is 393. The lowest BCUT2D eigenvalue weighted by Crippen LogP contribution is -2.23. The summed E-state index contributed by atoms with van der Waals surface area (Å²) in [5.41, 5.74) is 0. The largest absolute Gasteiger partial charge is 0.610 e. The molecule has 100 valence electrons. The van der Waals surface area contributed by atoms with Crippen molar-refractivity contribution in [1.82, 2.24) is 10.3 Å². The number of carbonyl (C=O) groups is 1. The fourth-order valence-electron chi connectivity index (χ4n) is 1.29. The van der Waals surface area contributed by atoms with E-state index in [1.54, 1.807) is 0 Å². The molecule has 1 rings (SSSR count). The summed E-state index contributed by atoms with van der Waals surface area (Å²) in [6.07, 6.45) is 6.29. The lowest BCUT2D eigenvalue weighted by atomic mass is 10.2. The number of carbonyl (C=O) groups excluding carboxylic acids is 1. The molecule has 4 nitrogen and oxygen atoms in total. The van der Waals surface area contributed by atoms with Crippen molar-refractivity contribution in [3.8, 4) is 0 Å². The zero-order valence-corrected chi connectivity index (χ0v) is 12.1. The molecule has 18 heavy (non-hydrogen) atoms. The van der Waals surface area contributed by atoms with Gasteiger partial charge in [0.25, 0.3) is 5.91 Å². The number of nitrogens with one attached hydrogen (secondary N) is 1. The predicted molar refractivity (Wildman–Crippen MR) is 75.4 cm³/mol. The molecule has 6 heteroatoms. The van der Waals surface area contributed by atoms with Crippen LogP contribution in [0.25, 0.3) is 0 Å². The second-order valence-corrected chi connectivity index (χ2v) is 6.61. The summed E-state index contributed by atoms with van der Waals surface area (Å²) in [4.78, 5) is 16.3. The maximum atomic E-state index is 11.7. The Kier molecular flexibility index (Phi) is 7.00. The molecule has 1 unspecified atom stereocenters. The van der Waals surface area contributed by atoms with Crippen LogP contribution in [-0.2, 0) is 11.2 Å². The highest BCUT2D eigenvalue weighted by atomic mass is 32.2. The zero-order chi connectivity index (χ0) is 13.4. The monoisotopic (exact) mass is 286 g/mol. The molecule has 1 atom stereocenters. The van der Waals surface area contributed by atoms with E-state index in [2.05, 4.69) is 16.9 Å². The lowest BCUT2D eigenvalue weighted by molar-refractivity contribution is 0.0957. The molecule has 0 saturated heterocycles. The van der Waals surface area contributed by atoms with Gasteiger partial charge in [-0.05, 0) is 26.2 Å². The molecule has 0 saturated carbocycles. The van der Waals surface area contributed by atoms with E-state index < -0.39 is 11.2 Å². The van der Waals surface area contributed by atoms with Gasteiger partial charge in [0.2, 0.25) is 0 Å². The molecule has 0 aliphatic carbocycles. The molecule has 0 radical (unpaired) electrons. The molecule has 1 aromatic heterocycles. The van der Waals surface area contributed by atoms with Gasteiger partial charge in [0.05, 0.1) is 6.20 Å². The molecule has 0 bridgehead atoms. The Balaban J connectivity index is 2.37. The third-order valence-corrected chi connectivity index (χ3v) is 4.90. The van der Waals surface area contributed by atoms with Crippen molar-refractivity contribution in [2.75, 3.05) is 12.3 Å². The molecule has 0 aliphatic rings. The highest BCUT2D eigenvalue weighted by Gasteiger charge is 2.17. The predicted octanol–water partition coefficient (Wildman–Crippen LogP) is 2.36. The minimum Gasteiger partial charge on any atom is -0.610 e. The van der Waals surface area contributed by atoms with Crippen LogP contribution in [0.4, 0.5) is 0 Å². The van der Waals surface area contributed by atoms with Crippen molar-refractivity contribution >= 4 is 28.4 Å². The van der Waals surface area contributed by atoms with E-state index in [9.17, 15) is 9.35 Å². The van der Waals surface area contributed by atoms with Crippen LogP contribution in [0, 0.1) is 0 Å². The Labute approximate surface area is 115 Å². The number of allylic oxidation sites excluding steroid dienone is 1. The average Bonchev–Trinajstić information content (AvgIpc) is 2.87. The SMILES string of the molecule is C=CCCCCNC(=O)c1cnc([S+]([O-])CC)s1. The van der Waals surface area contributed by atoms with Gasteiger partial charge in [-0.1, -0.05) is 17.4 Å². The average molecular weight is 286 g/mol. The van der Waals surface area contributed by atoms with E-state index in [0.29, 0.717) is 21.5 Å². The molecule has 1 heterocycles. The summed E-state index contributed by atoms with van der Waals surface area (Å²) in [7, 11) is 0. The van der Waals surface area contributed by atoms with Gasteiger partial charge in [-0.3, -0.25) is 4.79 Å². The third kappa shape index (κ3) is 4.80. The summed E-state index contributed by atoms with van der Waals surface area (Å²) in [6, 6.07) is 0. The minimum absolute atomic E-state index is 0.134. The van der Waals surface area contributed by atoms with Crippen LogP contribution < -0.4 is 5.32 Å². The number of thiazole rings is 1. The van der Waals surface area contributed by atoms with Gasteiger partial charge in [-0.2, -0.15) is 4.98 Å². The second kappa shape index (κ2) is 8.29. The Morgan fingerprint density at radius 3 is 3.11 bits per heavy atom. The van der Waals surface area contributed by atoms with Crippen LogP contribution in [0.5, 0.6) is 0 Å². The maximum Gasteiger partial charge on any atom is 0.302 e. The molecule has 0 aromatic carbocycles. The van der Waals surface area contributed by atoms with Crippen molar-refractivity contribution in [3.05, 3.63) is 23.7 Å². The van der Waals surface area contributed by atoms with Gasteiger partial charge >= 0.3 is 4.34 Å². The van der Waals surface area contributed by atoms with Gasteiger partial charge in [-0.25, -0.2) is 0 Å². The van der Waals surface area contributed by atoms with Gasteiger partial charge in [0, 0.05) is 17.7 Å². The van der Waals surface area contributed by atoms with Crippen molar-refractivity contribution in [2.45, 2.75) is 30.5 Å². The van der Waals surface area contributed by atoms with E-state index in [1.807, 2.05) is 13.0 Å². The number of hydrogen-bond acceptors (Lipinski definition) is 4. The van der Waals surface area contributed by atoms with Crippen LogP contribution in [0.2, 0.25) is 0 Å². The van der Waals surface area contributed by atoms with Gasteiger partial charge in [0.1, 0.15) is 10.6 Å². The first-order valence-electron chi connectivity index (χ1n) is 5.92. The molecule has 1 aromatic rings. The van der Waals surface area contributed by atoms with Crippen LogP contribution >= 0.6 is 11.3 Å². The number of rotatable bonds is 8. The molecule has 0 spiro atoms. The van der Waals surface area contributed by atoms with E-state index in [4.69, 9.17) is 0 Å². The molecule has 0 fully saturated rings. The quantitative estimate of drug-likeness (QED) is 0.453. The van der Waals surface area contributed by atoms with Gasteiger partial charge in [0.15, 0.2) is 0 Å². The summed E-state index contributed by atoms with van der Waals surface area (Å²) in [5.74, 6) is 0.390. The minimum atomic E-state index is -1.08. The second-order valence-electron chi connectivity index (χ2n) is 3.66. The summed E-state index contributed by atoms with van der Waals surface area (Å²) < 4.78 is 12.0. The molecule has 0 aliphatic heterocycles. The van der Waals surface area contributed by atoms with Gasteiger partial charge < -0.3 is 9.87 Å². The van der Waals surface area contributed by atoms with Crippen LogP contribution in [0.3, 0.4) is 0 Å². The summed E-state index contributed by atoms with van der Waals surface area (Å²) >= 11 is 0.123. The first-order valence-corrected chi connectivity index (χ1v) is 8.05. The van der Waals surface area contributed by atoms with E-state index >= 15 is 0 Å². The standard InChI is InChI=1S/C12H18N2O2S2/c1-3-5-6-7-8-13-11(15)10-9-14-12(17-10)18(16)4-2/h3,9H,1,4-8H2,2H3,(H,13,15). The third-order valence-electron chi connectivity index (χ3n) is 2.29. The number of unbranched alkanes of at least 4 members (excludes halogenated alkanes) is 2. The van der Waals surface area contributed by atoms with Crippen LogP contribution in [0.15, 0.2) is 23.2 Å². The highest BCUT2D eigenvalue weighted by Crippen LogP contribution is 2.19. The van der Waals surface area contributed by atoms with Crippen molar-refractivity contribution in [1.29, 1.82) is 0 Å². The van der Waals surface area contributed by atoms with Crippen molar-refractivity contribution in [2.24, 2.45) is 0 Å². The van der Waals surface area contributed by atoms with Crippen molar-refractivity contribution < 1.29 is 9.35 Å². The van der Waals surface area contributed by atoms with Crippen LogP contribution in [0.1, 0.15) is 35.9 Å². The van der Waals surface area contributed by atoms with E-state index in [-0.39, 0.29) is 5.91 Å². The Morgan fingerprint density at radius 1 is 1.67 bits per heavy atom. The molecule has 1 amide bonds.